The van der Waals surface area contributed by atoms with Gasteiger partial charge in [-0.15, -0.1) is 0 Å². The van der Waals surface area contributed by atoms with Crippen LogP contribution < -0.4 is 5.73 Å². The van der Waals surface area contributed by atoms with Crippen molar-refractivity contribution < 1.29 is 0 Å². The Labute approximate surface area is 94.9 Å². The van der Waals surface area contributed by atoms with Gasteiger partial charge in [-0.1, -0.05) is 0 Å². The molecule has 5 heteroatoms. The summed E-state index contributed by atoms with van der Waals surface area (Å²) in [5, 5.41) is 4.30. The zero-order valence-electron chi connectivity index (χ0n) is 9.67. The number of nitrogens with zero attached hydrogens (tertiary/aromatic N) is 4. The molecule has 16 heavy (non-hydrogen) atoms. The van der Waals surface area contributed by atoms with Gasteiger partial charge < -0.3 is 10.3 Å². The van der Waals surface area contributed by atoms with Gasteiger partial charge in [0.15, 0.2) is 0 Å². The molecule has 1 unspecified atom stereocenters. The Bertz CT molecular complexity index is 456. The van der Waals surface area contributed by atoms with E-state index in [9.17, 15) is 0 Å². The summed E-state index contributed by atoms with van der Waals surface area (Å²) in [5.41, 5.74) is 7.00. The lowest BCUT2D eigenvalue weighted by atomic mass is 10.1. The quantitative estimate of drug-likeness (QED) is 0.826. The fourth-order valence-electron chi connectivity index (χ4n) is 1.70. The van der Waals surface area contributed by atoms with Crippen LogP contribution in [0.5, 0.6) is 0 Å². The van der Waals surface area contributed by atoms with E-state index in [1.54, 1.807) is 4.68 Å². The first kappa shape index (κ1) is 10.9. The molecule has 0 aliphatic rings. The Kier molecular flexibility index (Phi) is 3.05. The molecular formula is C11H17N5. The van der Waals surface area contributed by atoms with E-state index in [2.05, 4.69) is 10.1 Å². The Balaban J connectivity index is 1.93. The van der Waals surface area contributed by atoms with Crippen molar-refractivity contribution in [1.29, 1.82) is 0 Å². The maximum atomic E-state index is 6.06. The van der Waals surface area contributed by atoms with E-state index >= 15 is 0 Å². The zero-order chi connectivity index (χ0) is 11.5. The molecule has 2 N–H and O–H groups in total. The minimum atomic E-state index is -0.0158. The molecule has 2 aromatic heterocycles. The van der Waals surface area contributed by atoms with Gasteiger partial charge in [-0.3, -0.25) is 4.68 Å². The van der Waals surface area contributed by atoms with Gasteiger partial charge in [0.25, 0.3) is 0 Å². The molecule has 0 amide bonds. The lowest BCUT2D eigenvalue weighted by Crippen LogP contribution is -2.13. The average molecular weight is 219 g/mol. The van der Waals surface area contributed by atoms with E-state index in [-0.39, 0.29) is 6.04 Å². The first-order valence-electron chi connectivity index (χ1n) is 5.38. The zero-order valence-corrected chi connectivity index (χ0v) is 9.67. The number of hydrogen-bond donors (Lipinski definition) is 1. The second kappa shape index (κ2) is 4.49. The molecule has 0 aliphatic heterocycles. The molecule has 0 aromatic carbocycles. The second-order valence-electron chi connectivity index (χ2n) is 4.01. The van der Waals surface area contributed by atoms with Crippen LogP contribution >= 0.6 is 0 Å². The molecule has 0 fully saturated rings. The molecule has 2 rings (SSSR count). The number of imidazole rings is 1. The van der Waals surface area contributed by atoms with Crippen LogP contribution in [0.3, 0.4) is 0 Å². The van der Waals surface area contributed by atoms with E-state index in [4.69, 9.17) is 5.73 Å². The van der Waals surface area contributed by atoms with Crippen LogP contribution in [0.4, 0.5) is 0 Å². The maximum absolute atomic E-state index is 6.06. The van der Waals surface area contributed by atoms with Crippen molar-refractivity contribution in [3.8, 4) is 0 Å². The molecule has 5 nitrogen and oxygen atoms in total. The van der Waals surface area contributed by atoms with E-state index in [0.717, 1.165) is 24.4 Å². The summed E-state index contributed by atoms with van der Waals surface area (Å²) in [6, 6.07) is 1.95. The van der Waals surface area contributed by atoms with Crippen molar-refractivity contribution in [1.82, 2.24) is 19.3 Å². The summed E-state index contributed by atoms with van der Waals surface area (Å²) in [6.07, 6.45) is 7.41. The van der Waals surface area contributed by atoms with Crippen LogP contribution in [0.15, 0.2) is 24.7 Å². The fraction of sp³-hybridized carbons (Fsp3) is 0.455. The van der Waals surface area contributed by atoms with Gasteiger partial charge in [-0.25, -0.2) is 4.98 Å². The van der Waals surface area contributed by atoms with Crippen LogP contribution in [-0.2, 0) is 20.5 Å². The lowest BCUT2D eigenvalue weighted by Gasteiger charge is -2.08. The summed E-state index contributed by atoms with van der Waals surface area (Å²) in [6.45, 7) is 0. The Morgan fingerprint density at radius 2 is 2.19 bits per heavy atom. The SMILES string of the molecule is Cn1ccc(C(N)CCc2nccn2C)n1. The summed E-state index contributed by atoms with van der Waals surface area (Å²) in [7, 11) is 3.89. The summed E-state index contributed by atoms with van der Waals surface area (Å²) < 4.78 is 3.79. The minimum absolute atomic E-state index is 0.0158. The fourth-order valence-corrected chi connectivity index (χ4v) is 1.70. The highest BCUT2D eigenvalue weighted by atomic mass is 15.3. The first-order chi connectivity index (χ1) is 7.66. The number of aromatic nitrogens is 4. The van der Waals surface area contributed by atoms with Gasteiger partial charge in [-0.2, -0.15) is 5.10 Å². The largest absolute Gasteiger partial charge is 0.338 e. The topological polar surface area (TPSA) is 61.7 Å². The smallest absolute Gasteiger partial charge is 0.108 e. The van der Waals surface area contributed by atoms with Gasteiger partial charge in [0.2, 0.25) is 0 Å². The molecule has 0 aliphatic carbocycles. The molecular weight excluding hydrogens is 202 g/mol. The maximum Gasteiger partial charge on any atom is 0.108 e. The number of rotatable bonds is 4. The monoisotopic (exact) mass is 219 g/mol. The first-order valence-corrected chi connectivity index (χ1v) is 5.38. The molecule has 1 atom stereocenters. The molecule has 2 aromatic rings. The third-order valence-electron chi connectivity index (χ3n) is 2.71. The van der Waals surface area contributed by atoms with Gasteiger partial charge in [-0.05, 0) is 12.5 Å². The van der Waals surface area contributed by atoms with Crippen molar-refractivity contribution >= 4 is 0 Å². The Hall–Kier alpha value is -1.62. The second-order valence-corrected chi connectivity index (χ2v) is 4.01. The standard InChI is InChI=1S/C11H17N5/c1-15-8-6-13-11(15)4-3-9(12)10-5-7-16(2)14-10/h5-9H,3-4,12H2,1-2H3. The Morgan fingerprint density at radius 1 is 1.38 bits per heavy atom. The summed E-state index contributed by atoms with van der Waals surface area (Å²) in [5.74, 6) is 1.06. The number of aryl methyl sites for hydroxylation is 3. The predicted octanol–water partition coefficient (Wildman–Crippen LogP) is 0.786. The molecule has 0 spiro atoms. The predicted molar refractivity (Wildman–Crippen MR) is 61.7 cm³/mol. The number of hydrogen-bond acceptors (Lipinski definition) is 3. The van der Waals surface area contributed by atoms with Gasteiger partial charge in [0.1, 0.15) is 5.82 Å². The molecule has 0 saturated heterocycles. The molecule has 2 heterocycles. The molecule has 0 saturated carbocycles. The van der Waals surface area contributed by atoms with Gasteiger partial charge >= 0.3 is 0 Å². The third-order valence-corrected chi connectivity index (χ3v) is 2.71. The van der Waals surface area contributed by atoms with Crippen molar-refractivity contribution in [2.45, 2.75) is 18.9 Å². The lowest BCUT2D eigenvalue weighted by molar-refractivity contribution is 0.593. The average Bonchev–Trinajstić information content (AvgIpc) is 2.84. The van der Waals surface area contributed by atoms with Crippen molar-refractivity contribution in [3.63, 3.8) is 0 Å². The van der Waals surface area contributed by atoms with Crippen molar-refractivity contribution in [3.05, 3.63) is 36.2 Å². The molecule has 0 radical (unpaired) electrons. The summed E-state index contributed by atoms with van der Waals surface area (Å²) in [4.78, 5) is 4.27. The van der Waals surface area contributed by atoms with Crippen molar-refractivity contribution in [2.24, 2.45) is 19.8 Å². The highest BCUT2D eigenvalue weighted by molar-refractivity contribution is 5.05. The van der Waals surface area contributed by atoms with E-state index < -0.39 is 0 Å². The normalized spacial score (nSPS) is 12.9. The minimum Gasteiger partial charge on any atom is -0.338 e. The van der Waals surface area contributed by atoms with Crippen molar-refractivity contribution in [2.75, 3.05) is 0 Å². The number of nitrogens with two attached hydrogens (primary N) is 1. The Morgan fingerprint density at radius 3 is 2.75 bits per heavy atom. The molecule has 86 valence electrons. The van der Waals surface area contributed by atoms with Crippen LogP contribution in [0, 0.1) is 0 Å². The van der Waals surface area contributed by atoms with Crippen LogP contribution in [-0.4, -0.2) is 19.3 Å². The van der Waals surface area contributed by atoms with Crippen LogP contribution in [0.1, 0.15) is 24.0 Å². The van der Waals surface area contributed by atoms with Gasteiger partial charge in [0.05, 0.1) is 5.69 Å². The highest BCUT2D eigenvalue weighted by Gasteiger charge is 2.10. The highest BCUT2D eigenvalue weighted by Crippen LogP contribution is 2.13. The third kappa shape index (κ3) is 2.30. The van der Waals surface area contributed by atoms with E-state index in [1.165, 1.54) is 0 Å². The van der Waals surface area contributed by atoms with E-state index in [1.807, 2.05) is 43.3 Å². The van der Waals surface area contributed by atoms with Crippen LogP contribution in [0.2, 0.25) is 0 Å². The van der Waals surface area contributed by atoms with Crippen LogP contribution in [0.25, 0.3) is 0 Å². The van der Waals surface area contributed by atoms with E-state index in [0.29, 0.717) is 0 Å². The summed E-state index contributed by atoms with van der Waals surface area (Å²) >= 11 is 0. The van der Waals surface area contributed by atoms with Gasteiger partial charge in [0, 0.05) is 45.1 Å². The molecule has 0 bridgehead atoms.